The zero-order valence-electron chi connectivity index (χ0n) is 11.5. The molecule has 1 fully saturated rings. The Bertz CT molecular complexity index is 252. The summed E-state index contributed by atoms with van der Waals surface area (Å²) in [4.78, 5) is 16.5. The molecule has 0 aromatic heterocycles. The highest BCUT2D eigenvalue weighted by Crippen LogP contribution is 2.11. The molecule has 0 spiro atoms. The third kappa shape index (κ3) is 3.94. The summed E-state index contributed by atoms with van der Waals surface area (Å²) in [6, 6.07) is 0. The average molecular weight is 243 g/mol. The number of ether oxygens (including phenoxy) is 1. The first-order valence-corrected chi connectivity index (χ1v) is 6.29. The normalized spacial score (nSPS) is 22.1. The van der Waals surface area contributed by atoms with Crippen LogP contribution in [0, 0.1) is 0 Å². The van der Waals surface area contributed by atoms with Gasteiger partial charge in [0.25, 0.3) is 0 Å². The molecule has 1 N–H and O–H groups in total. The summed E-state index contributed by atoms with van der Waals surface area (Å²) in [7, 11) is 3.94. The molecule has 0 aromatic rings. The summed E-state index contributed by atoms with van der Waals surface area (Å²) in [6.45, 7) is 9.01. The summed E-state index contributed by atoms with van der Waals surface area (Å²) in [5, 5.41) is 3.09. The summed E-state index contributed by atoms with van der Waals surface area (Å²) < 4.78 is 5.12. The van der Waals surface area contributed by atoms with Gasteiger partial charge in [-0.2, -0.15) is 0 Å². The van der Waals surface area contributed by atoms with Crippen molar-refractivity contribution in [3.05, 3.63) is 0 Å². The molecule has 1 atom stereocenters. The minimum atomic E-state index is -0.605. The second-order valence-corrected chi connectivity index (χ2v) is 4.88. The Kier molecular flexibility index (Phi) is 5.36. The first-order chi connectivity index (χ1) is 8.01. The van der Waals surface area contributed by atoms with Gasteiger partial charge in [0, 0.05) is 32.7 Å². The van der Waals surface area contributed by atoms with Crippen LogP contribution in [0.25, 0.3) is 0 Å². The molecule has 1 aliphatic heterocycles. The SMILES string of the molecule is CCOC(=O)C(C)(CN1CCN(C)CC1)NC. The minimum absolute atomic E-state index is 0.165. The lowest BCUT2D eigenvalue weighted by Gasteiger charge is -2.37. The fraction of sp³-hybridized carbons (Fsp3) is 0.917. The van der Waals surface area contributed by atoms with E-state index in [-0.39, 0.29) is 5.97 Å². The summed E-state index contributed by atoms with van der Waals surface area (Å²) in [6.07, 6.45) is 0. The molecule has 1 aliphatic rings. The van der Waals surface area contributed by atoms with Crippen LogP contribution in [-0.2, 0) is 9.53 Å². The van der Waals surface area contributed by atoms with Crippen molar-refractivity contribution in [3.8, 4) is 0 Å². The molecule has 1 rings (SSSR count). The number of likely N-dealkylation sites (N-methyl/N-ethyl adjacent to an activating group) is 2. The summed E-state index contributed by atoms with van der Waals surface area (Å²) >= 11 is 0. The zero-order valence-corrected chi connectivity index (χ0v) is 11.5. The Hall–Kier alpha value is -0.650. The van der Waals surface area contributed by atoms with Crippen molar-refractivity contribution in [2.45, 2.75) is 19.4 Å². The molecule has 0 aliphatic carbocycles. The van der Waals surface area contributed by atoms with Crippen molar-refractivity contribution in [3.63, 3.8) is 0 Å². The lowest BCUT2D eigenvalue weighted by molar-refractivity contribution is -0.151. The third-order valence-corrected chi connectivity index (χ3v) is 3.41. The Morgan fingerprint density at radius 3 is 2.41 bits per heavy atom. The largest absolute Gasteiger partial charge is 0.465 e. The Morgan fingerprint density at radius 2 is 1.94 bits per heavy atom. The van der Waals surface area contributed by atoms with E-state index in [0.29, 0.717) is 13.2 Å². The van der Waals surface area contributed by atoms with Gasteiger partial charge in [-0.15, -0.1) is 0 Å². The van der Waals surface area contributed by atoms with Crippen LogP contribution in [0.1, 0.15) is 13.8 Å². The third-order valence-electron chi connectivity index (χ3n) is 3.41. The van der Waals surface area contributed by atoms with Gasteiger partial charge in [-0.05, 0) is 27.9 Å². The smallest absolute Gasteiger partial charge is 0.327 e. The van der Waals surface area contributed by atoms with E-state index in [0.717, 1.165) is 26.2 Å². The predicted molar refractivity (Wildman–Crippen MR) is 68.0 cm³/mol. The highest BCUT2D eigenvalue weighted by atomic mass is 16.5. The number of hydrogen-bond acceptors (Lipinski definition) is 5. The van der Waals surface area contributed by atoms with Gasteiger partial charge < -0.3 is 15.0 Å². The van der Waals surface area contributed by atoms with E-state index in [4.69, 9.17) is 4.74 Å². The lowest BCUT2D eigenvalue weighted by Crippen LogP contribution is -2.59. The fourth-order valence-corrected chi connectivity index (χ4v) is 1.99. The second-order valence-electron chi connectivity index (χ2n) is 4.88. The fourth-order valence-electron chi connectivity index (χ4n) is 1.99. The van der Waals surface area contributed by atoms with Gasteiger partial charge in [-0.3, -0.25) is 9.69 Å². The monoisotopic (exact) mass is 243 g/mol. The van der Waals surface area contributed by atoms with E-state index in [1.807, 2.05) is 20.9 Å². The quantitative estimate of drug-likeness (QED) is 0.676. The molecule has 1 heterocycles. The summed E-state index contributed by atoms with van der Waals surface area (Å²) in [5.41, 5.74) is -0.605. The number of hydrogen-bond donors (Lipinski definition) is 1. The molecule has 17 heavy (non-hydrogen) atoms. The van der Waals surface area contributed by atoms with Gasteiger partial charge in [0.15, 0.2) is 0 Å². The van der Waals surface area contributed by atoms with E-state index < -0.39 is 5.54 Å². The number of nitrogens with one attached hydrogen (secondary N) is 1. The van der Waals surface area contributed by atoms with Gasteiger partial charge in [0.2, 0.25) is 0 Å². The first kappa shape index (κ1) is 14.4. The first-order valence-electron chi connectivity index (χ1n) is 6.29. The maximum atomic E-state index is 11.9. The topological polar surface area (TPSA) is 44.8 Å². The zero-order chi connectivity index (χ0) is 12.9. The van der Waals surface area contributed by atoms with Crippen LogP contribution in [0.15, 0.2) is 0 Å². The Labute approximate surface area is 104 Å². The number of nitrogens with zero attached hydrogens (tertiary/aromatic N) is 2. The lowest BCUT2D eigenvalue weighted by atomic mass is 10.0. The molecule has 1 unspecified atom stereocenters. The number of carbonyl (C=O) groups excluding carboxylic acids is 1. The number of carbonyl (C=O) groups is 1. The van der Waals surface area contributed by atoms with Crippen LogP contribution in [0.2, 0.25) is 0 Å². The Balaban J connectivity index is 2.53. The summed E-state index contributed by atoms with van der Waals surface area (Å²) in [5.74, 6) is -0.165. The van der Waals surface area contributed by atoms with Crippen molar-refractivity contribution in [1.29, 1.82) is 0 Å². The number of piperazine rings is 1. The van der Waals surface area contributed by atoms with Crippen molar-refractivity contribution in [1.82, 2.24) is 15.1 Å². The molecule has 100 valence electrons. The van der Waals surface area contributed by atoms with Gasteiger partial charge in [-0.1, -0.05) is 0 Å². The van der Waals surface area contributed by atoms with Crippen molar-refractivity contribution < 1.29 is 9.53 Å². The van der Waals surface area contributed by atoms with Gasteiger partial charge in [-0.25, -0.2) is 0 Å². The van der Waals surface area contributed by atoms with Crippen LogP contribution >= 0.6 is 0 Å². The maximum Gasteiger partial charge on any atom is 0.327 e. The molecular formula is C12H25N3O2. The molecule has 0 bridgehead atoms. The van der Waals surface area contributed by atoms with Gasteiger partial charge in [0.05, 0.1) is 6.61 Å². The minimum Gasteiger partial charge on any atom is -0.465 e. The van der Waals surface area contributed by atoms with E-state index >= 15 is 0 Å². The average Bonchev–Trinajstić information content (AvgIpc) is 2.32. The van der Waals surface area contributed by atoms with Crippen LogP contribution in [0.5, 0.6) is 0 Å². The van der Waals surface area contributed by atoms with Gasteiger partial charge in [0.1, 0.15) is 5.54 Å². The molecule has 5 nitrogen and oxygen atoms in total. The highest BCUT2D eigenvalue weighted by Gasteiger charge is 2.35. The van der Waals surface area contributed by atoms with Crippen LogP contribution in [0.4, 0.5) is 0 Å². The van der Waals surface area contributed by atoms with Crippen LogP contribution in [0.3, 0.4) is 0 Å². The van der Waals surface area contributed by atoms with Crippen LogP contribution in [-0.4, -0.2) is 74.7 Å². The molecule has 0 saturated carbocycles. The standard InChI is InChI=1S/C12H25N3O2/c1-5-17-11(16)12(2,13-3)10-15-8-6-14(4)7-9-15/h13H,5-10H2,1-4H3. The Morgan fingerprint density at radius 1 is 1.35 bits per heavy atom. The van der Waals surface area contributed by atoms with E-state index in [9.17, 15) is 4.79 Å². The molecule has 5 heteroatoms. The molecule has 0 amide bonds. The maximum absolute atomic E-state index is 11.9. The number of esters is 1. The molecular weight excluding hydrogens is 218 g/mol. The molecule has 0 aromatic carbocycles. The molecule has 1 saturated heterocycles. The van der Waals surface area contributed by atoms with Gasteiger partial charge >= 0.3 is 5.97 Å². The van der Waals surface area contributed by atoms with E-state index in [1.54, 1.807) is 0 Å². The second kappa shape index (κ2) is 6.33. The number of rotatable bonds is 5. The van der Waals surface area contributed by atoms with Crippen molar-refractivity contribution in [2.75, 3.05) is 53.4 Å². The van der Waals surface area contributed by atoms with Crippen molar-refractivity contribution in [2.24, 2.45) is 0 Å². The highest BCUT2D eigenvalue weighted by molar-refractivity contribution is 5.80. The van der Waals surface area contributed by atoms with E-state index in [2.05, 4.69) is 22.2 Å². The van der Waals surface area contributed by atoms with E-state index in [1.165, 1.54) is 0 Å². The van der Waals surface area contributed by atoms with Crippen molar-refractivity contribution >= 4 is 5.97 Å². The van der Waals surface area contributed by atoms with Crippen LogP contribution < -0.4 is 5.32 Å². The predicted octanol–water partition coefficient (Wildman–Crippen LogP) is -0.225. The molecule has 0 radical (unpaired) electrons.